The van der Waals surface area contributed by atoms with Crippen LogP contribution in [0.5, 0.6) is 0 Å². The van der Waals surface area contributed by atoms with E-state index in [1.165, 1.54) is 42.0 Å². The Balaban J connectivity index is 1.72. The molecule has 2 fully saturated rings. The van der Waals surface area contributed by atoms with Gasteiger partial charge in [-0.2, -0.15) is 0 Å². The van der Waals surface area contributed by atoms with Crippen molar-refractivity contribution >= 4 is 23.3 Å². The van der Waals surface area contributed by atoms with Crippen LogP contribution in [-0.4, -0.2) is 5.97 Å². The predicted octanol–water partition coefficient (Wildman–Crippen LogP) is 4.62. The Hall–Kier alpha value is -2.00. The number of carboxylic acids is 1. The topological polar surface area (TPSA) is 52.2 Å². The van der Waals surface area contributed by atoms with E-state index >= 15 is 0 Å². The third-order valence-electron chi connectivity index (χ3n) is 7.15. The van der Waals surface area contributed by atoms with Gasteiger partial charge < -0.3 is 15.2 Å². The van der Waals surface area contributed by atoms with Crippen LogP contribution in [0.4, 0.5) is 5.69 Å². The maximum atomic E-state index is 11.8. The summed E-state index contributed by atoms with van der Waals surface area (Å²) < 4.78 is 0. The van der Waals surface area contributed by atoms with Crippen molar-refractivity contribution in [1.82, 2.24) is 0 Å². The second-order valence-corrected chi connectivity index (χ2v) is 9.06. The van der Waals surface area contributed by atoms with Gasteiger partial charge >= 0.3 is 0 Å². The van der Waals surface area contributed by atoms with Crippen LogP contribution < -0.4 is 10.4 Å². The Labute approximate surface area is 164 Å². The molecule has 140 valence electrons. The van der Waals surface area contributed by atoms with Gasteiger partial charge in [0.05, 0.1) is 12.0 Å². The highest BCUT2D eigenvalue weighted by Gasteiger charge is 2.54. The molecule has 5 atom stereocenters. The van der Waals surface area contributed by atoms with Gasteiger partial charge in [-0.15, -0.1) is 0 Å². The number of anilines is 1. The van der Waals surface area contributed by atoms with Gasteiger partial charge in [0.25, 0.3) is 0 Å². The maximum Gasteiger partial charge on any atom is 0.0736 e. The van der Waals surface area contributed by atoms with E-state index in [1.807, 2.05) is 6.07 Å². The van der Waals surface area contributed by atoms with Crippen molar-refractivity contribution in [3.63, 3.8) is 0 Å². The van der Waals surface area contributed by atoms with E-state index in [4.69, 9.17) is 11.6 Å². The lowest BCUT2D eigenvalue weighted by Gasteiger charge is -2.44. The van der Waals surface area contributed by atoms with Crippen LogP contribution in [0.15, 0.2) is 30.3 Å². The van der Waals surface area contributed by atoms with Gasteiger partial charge in [0.15, 0.2) is 0 Å². The van der Waals surface area contributed by atoms with Crippen molar-refractivity contribution in [3.05, 3.63) is 63.2 Å². The van der Waals surface area contributed by atoms with Crippen molar-refractivity contribution in [1.29, 1.82) is 0 Å². The van der Waals surface area contributed by atoms with E-state index in [1.54, 1.807) is 0 Å². The SMILES string of the molecule is Cc1ccc(C)c([C@@H]2Nc3c(C(=O)[O-])cc(Cl)cc3[C@H]3[C@H]4CC[C@@H](C4)[C@H]32)c1. The van der Waals surface area contributed by atoms with Crippen molar-refractivity contribution < 1.29 is 9.90 Å². The summed E-state index contributed by atoms with van der Waals surface area (Å²) in [6.07, 6.45) is 3.75. The minimum absolute atomic E-state index is 0.136. The van der Waals surface area contributed by atoms with Crippen LogP contribution in [0, 0.1) is 31.6 Å². The first-order chi connectivity index (χ1) is 12.9. The molecular formula is C23H23ClNO2-. The highest BCUT2D eigenvalue weighted by Crippen LogP contribution is 2.64. The Morgan fingerprint density at radius 1 is 1.11 bits per heavy atom. The van der Waals surface area contributed by atoms with Crippen LogP contribution in [0.2, 0.25) is 5.02 Å². The number of hydrogen-bond acceptors (Lipinski definition) is 3. The fourth-order valence-corrected chi connectivity index (χ4v) is 6.35. The minimum Gasteiger partial charge on any atom is -0.545 e. The summed E-state index contributed by atoms with van der Waals surface area (Å²) in [6, 6.07) is 10.2. The van der Waals surface area contributed by atoms with E-state index in [0.717, 1.165) is 11.3 Å². The number of carbonyl (C=O) groups excluding carboxylic acids is 1. The fourth-order valence-electron chi connectivity index (χ4n) is 6.12. The number of carboxylic acid groups (broad SMARTS) is 1. The molecule has 4 heteroatoms. The van der Waals surface area contributed by atoms with Crippen molar-refractivity contribution in [3.8, 4) is 0 Å². The number of fused-ring (bicyclic) bond motifs is 7. The van der Waals surface area contributed by atoms with Crippen molar-refractivity contribution in [2.45, 2.75) is 45.1 Å². The van der Waals surface area contributed by atoms with Gasteiger partial charge in [-0.05, 0) is 85.6 Å². The average molecular weight is 381 g/mol. The normalized spacial score (nSPS) is 30.6. The van der Waals surface area contributed by atoms with Gasteiger partial charge in [-0.1, -0.05) is 35.4 Å². The Morgan fingerprint density at radius 2 is 1.89 bits per heavy atom. The van der Waals surface area contributed by atoms with Gasteiger partial charge in [0, 0.05) is 16.3 Å². The number of carbonyl (C=O) groups is 1. The molecule has 2 bridgehead atoms. The second-order valence-electron chi connectivity index (χ2n) is 8.62. The molecule has 1 N–H and O–H groups in total. The largest absolute Gasteiger partial charge is 0.545 e. The van der Waals surface area contributed by atoms with Crippen LogP contribution >= 0.6 is 11.6 Å². The number of nitrogens with one attached hydrogen (secondary N) is 1. The Kier molecular flexibility index (Phi) is 3.80. The number of hydrogen-bond donors (Lipinski definition) is 1. The zero-order valence-corrected chi connectivity index (χ0v) is 16.3. The lowest BCUT2D eigenvalue weighted by Crippen LogP contribution is -2.37. The number of halogens is 1. The summed E-state index contributed by atoms with van der Waals surface area (Å²) >= 11 is 6.30. The Morgan fingerprint density at radius 3 is 2.67 bits per heavy atom. The third-order valence-corrected chi connectivity index (χ3v) is 7.37. The fraction of sp³-hybridized carbons (Fsp3) is 0.435. The average Bonchev–Trinajstić information content (AvgIpc) is 3.25. The summed E-state index contributed by atoms with van der Waals surface area (Å²) in [5.41, 5.74) is 5.78. The number of aromatic carboxylic acids is 1. The molecule has 3 nitrogen and oxygen atoms in total. The molecule has 0 aromatic heterocycles. The highest BCUT2D eigenvalue weighted by molar-refractivity contribution is 6.31. The molecule has 0 radical (unpaired) electrons. The minimum atomic E-state index is -1.16. The van der Waals surface area contributed by atoms with Crippen LogP contribution in [0.3, 0.4) is 0 Å². The zero-order valence-electron chi connectivity index (χ0n) is 15.6. The van der Waals surface area contributed by atoms with E-state index in [0.29, 0.717) is 28.7 Å². The summed E-state index contributed by atoms with van der Waals surface area (Å²) in [4.78, 5) is 11.8. The molecule has 0 amide bonds. The highest BCUT2D eigenvalue weighted by atomic mass is 35.5. The number of rotatable bonds is 2. The van der Waals surface area contributed by atoms with Gasteiger partial charge in [0.1, 0.15) is 0 Å². The smallest absolute Gasteiger partial charge is 0.0736 e. The first-order valence-electron chi connectivity index (χ1n) is 9.82. The van der Waals surface area contributed by atoms with Gasteiger partial charge in [0.2, 0.25) is 0 Å². The molecule has 2 aromatic carbocycles. The molecule has 2 aromatic rings. The summed E-state index contributed by atoms with van der Waals surface area (Å²) in [6.45, 7) is 4.26. The van der Waals surface area contributed by atoms with Crippen molar-refractivity contribution in [2.75, 3.05) is 5.32 Å². The standard InChI is InChI=1S/C23H24ClNO2/c1-11-3-4-12(2)16(7-11)22-20-14-6-5-13(8-14)19(20)17-9-15(24)10-18(23(26)27)21(17)25-22/h3-4,7,9-10,13-14,19-20,22,25H,5-6,8H2,1-2H3,(H,26,27)/p-1/t13-,14-,19+,20+,22-/m0/s1. The molecule has 5 rings (SSSR count). The monoisotopic (exact) mass is 380 g/mol. The lowest BCUT2D eigenvalue weighted by molar-refractivity contribution is -0.254. The molecule has 3 aliphatic rings. The second kappa shape index (κ2) is 6.00. The molecule has 0 unspecified atom stereocenters. The van der Waals surface area contributed by atoms with E-state index < -0.39 is 5.97 Å². The molecular weight excluding hydrogens is 358 g/mol. The van der Waals surface area contributed by atoms with Crippen LogP contribution in [0.1, 0.15) is 63.8 Å². The summed E-state index contributed by atoms with van der Waals surface area (Å²) in [5, 5.41) is 16.0. The molecule has 1 aliphatic heterocycles. The van der Waals surface area contributed by atoms with E-state index in [9.17, 15) is 9.90 Å². The molecule has 1 heterocycles. The number of aryl methyl sites for hydroxylation is 2. The van der Waals surface area contributed by atoms with Gasteiger partial charge in [-0.3, -0.25) is 0 Å². The van der Waals surface area contributed by atoms with Crippen molar-refractivity contribution in [2.24, 2.45) is 17.8 Å². The molecule has 2 aliphatic carbocycles. The number of benzene rings is 2. The molecule has 0 saturated heterocycles. The molecule has 27 heavy (non-hydrogen) atoms. The third kappa shape index (κ3) is 2.51. The zero-order chi connectivity index (χ0) is 18.9. The summed E-state index contributed by atoms with van der Waals surface area (Å²) in [7, 11) is 0. The quantitative estimate of drug-likeness (QED) is 0.827. The maximum absolute atomic E-state index is 11.8. The van der Waals surface area contributed by atoms with Crippen LogP contribution in [0.25, 0.3) is 0 Å². The lowest BCUT2D eigenvalue weighted by atomic mass is 9.67. The molecule has 2 saturated carbocycles. The Bertz CT molecular complexity index is 954. The summed E-state index contributed by atoms with van der Waals surface area (Å²) in [5.74, 6) is 1.02. The van der Waals surface area contributed by atoms with E-state index in [2.05, 4.69) is 37.4 Å². The van der Waals surface area contributed by atoms with Gasteiger partial charge in [-0.25, -0.2) is 0 Å². The first kappa shape index (κ1) is 17.1. The molecule has 0 spiro atoms. The predicted molar refractivity (Wildman–Crippen MR) is 105 cm³/mol. The van der Waals surface area contributed by atoms with E-state index in [-0.39, 0.29) is 11.6 Å². The first-order valence-corrected chi connectivity index (χ1v) is 10.2. The van der Waals surface area contributed by atoms with Crippen LogP contribution in [-0.2, 0) is 0 Å².